The predicted octanol–water partition coefficient (Wildman–Crippen LogP) is 6.18. The Kier molecular flexibility index (Phi) is 7.58. The van der Waals surface area contributed by atoms with E-state index in [1.165, 1.54) is 24.5 Å². The van der Waals surface area contributed by atoms with Crippen LogP contribution in [-0.2, 0) is 4.79 Å². The standard InChI is InChI=1S/C30H29FN4O4/c1-4-29(36)35-13-11-23(12-14-35)39-28-16-24-25(17-27(28)37-3)32-18-33-30(24)34-21-7-10-26(19(2)15-21)38-22-8-5-20(31)6-9-22/h4-10,15-18,23H,1,11-14H2,2-3H3,(H,32,33,34). The molecule has 1 saturated heterocycles. The van der Waals surface area contributed by atoms with Gasteiger partial charge in [0.1, 0.15) is 35.6 Å². The number of rotatable bonds is 8. The Labute approximate surface area is 226 Å². The first-order valence-electron chi connectivity index (χ1n) is 12.7. The van der Waals surface area contributed by atoms with Crippen LogP contribution in [0.15, 0.2) is 73.6 Å². The van der Waals surface area contributed by atoms with E-state index in [0.717, 1.165) is 16.6 Å². The van der Waals surface area contributed by atoms with Crippen LogP contribution < -0.4 is 19.5 Å². The van der Waals surface area contributed by atoms with Crippen molar-refractivity contribution >= 4 is 28.3 Å². The summed E-state index contributed by atoms with van der Waals surface area (Å²) in [6, 6.07) is 15.3. The minimum absolute atomic E-state index is 0.0532. The van der Waals surface area contributed by atoms with Gasteiger partial charge in [-0.05, 0) is 67.1 Å². The van der Waals surface area contributed by atoms with Gasteiger partial charge in [0.05, 0.1) is 12.6 Å². The van der Waals surface area contributed by atoms with Crippen molar-refractivity contribution in [1.29, 1.82) is 0 Å². The van der Waals surface area contributed by atoms with E-state index in [1.54, 1.807) is 24.1 Å². The molecular formula is C30H29FN4O4. The van der Waals surface area contributed by atoms with Gasteiger partial charge in [-0.3, -0.25) is 4.79 Å². The fraction of sp³-hybridized carbons (Fsp3) is 0.233. The molecule has 0 spiro atoms. The summed E-state index contributed by atoms with van der Waals surface area (Å²) >= 11 is 0. The smallest absolute Gasteiger partial charge is 0.245 e. The molecule has 0 radical (unpaired) electrons. The number of amides is 1. The van der Waals surface area contributed by atoms with Crippen molar-refractivity contribution in [3.05, 3.63) is 85.0 Å². The molecule has 0 saturated carbocycles. The van der Waals surface area contributed by atoms with E-state index in [9.17, 15) is 9.18 Å². The topological polar surface area (TPSA) is 85.8 Å². The summed E-state index contributed by atoms with van der Waals surface area (Å²) in [5, 5.41) is 4.15. The minimum Gasteiger partial charge on any atom is -0.493 e. The molecular weight excluding hydrogens is 499 g/mol. The molecule has 39 heavy (non-hydrogen) atoms. The number of carbonyl (C=O) groups excluding carboxylic acids is 1. The second kappa shape index (κ2) is 11.4. The Hall–Kier alpha value is -4.66. The fourth-order valence-corrected chi connectivity index (χ4v) is 4.53. The normalized spacial score (nSPS) is 13.7. The Balaban J connectivity index is 1.35. The molecule has 4 aromatic rings. The van der Waals surface area contributed by atoms with Gasteiger partial charge in [-0.2, -0.15) is 0 Å². The van der Waals surface area contributed by atoms with Crippen molar-refractivity contribution in [1.82, 2.24) is 14.9 Å². The van der Waals surface area contributed by atoms with Crippen LogP contribution in [0.4, 0.5) is 15.9 Å². The highest BCUT2D eigenvalue weighted by Crippen LogP contribution is 2.37. The molecule has 1 aliphatic rings. The Morgan fingerprint density at radius 2 is 1.82 bits per heavy atom. The van der Waals surface area contributed by atoms with E-state index in [1.807, 2.05) is 37.3 Å². The molecule has 2 heterocycles. The van der Waals surface area contributed by atoms with Crippen LogP contribution in [0.5, 0.6) is 23.0 Å². The Morgan fingerprint density at radius 1 is 1.05 bits per heavy atom. The summed E-state index contributed by atoms with van der Waals surface area (Å²) in [6.07, 6.45) is 4.21. The summed E-state index contributed by atoms with van der Waals surface area (Å²) in [7, 11) is 1.60. The average molecular weight is 529 g/mol. The molecule has 8 nitrogen and oxygen atoms in total. The first-order chi connectivity index (χ1) is 18.9. The number of piperidine rings is 1. The lowest BCUT2D eigenvalue weighted by Gasteiger charge is -2.31. The highest BCUT2D eigenvalue weighted by molar-refractivity contribution is 5.93. The Bertz CT molecular complexity index is 1500. The van der Waals surface area contributed by atoms with Crippen molar-refractivity contribution in [3.63, 3.8) is 0 Å². The average Bonchev–Trinajstić information content (AvgIpc) is 2.95. The largest absolute Gasteiger partial charge is 0.493 e. The van der Waals surface area contributed by atoms with Crippen molar-refractivity contribution in [2.24, 2.45) is 0 Å². The van der Waals surface area contributed by atoms with E-state index < -0.39 is 0 Å². The van der Waals surface area contributed by atoms with Crippen LogP contribution in [0.2, 0.25) is 0 Å². The number of fused-ring (bicyclic) bond motifs is 1. The van der Waals surface area contributed by atoms with E-state index in [-0.39, 0.29) is 17.8 Å². The summed E-state index contributed by atoms with van der Waals surface area (Å²) in [6.45, 7) is 6.73. The lowest BCUT2D eigenvalue weighted by Crippen LogP contribution is -2.41. The second-order valence-electron chi connectivity index (χ2n) is 9.25. The maximum absolute atomic E-state index is 13.2. The summed E-state index contributed by atoms with van der Waals surface area (Å²) < 4.78 is 31.0. The third kappa shape index (κ3) is 5.93. The van der Waals surface area contributed by atoms with Gasteiger partial charge in [-0.1, -0.05) is 6.58 Å². The number of nitrogens with one attached hydrogen (secondary N) is 1. The van der Waals surface area contributed by atoms with E-state index in [0.29, 0.717) is 60.3 Å². The van der Waals surface area contributed by atoms with Crippen LogP contribution >= 0.6 is 0 Å². The van der Waals surface area contributed by atoms with Gasteiger partial charge in [0, 0.05) is 43.1 Å². The number of hydrogen-bond acceptors (Lipinski definition) is 7. The maximum atomic E-state index is 13.2. The highest BCUT2D eigenvalue weighted by Gasteiger charge is 2.24. The monoisotopic (exact) mass is 528 g/mol. The number of anilines is 2. The van der Waals surface area contributed by atoms with Gasteiger partial charge >= 0.3 is 0 Å². The number of nitrogens with zero attached hydrogens (tertiary/aromatic N) is 3. The molecule has 9 heteroatoms. The molecule has 200 valence electrons. The zero-order valence-electron chi connectivity index (χ0n) is 21.8. The fourth-order valence-electron chi connectivity index (χ4n) is 4.53. The third-order valence-electron chi connectivity index (χ3n) is 6.62. The number of likely N-dealkylation sites (tertiary alicyclic amines) is 1. The van der Waals surface area contributed by atoms with Gasteiger partial charge in [-0.25, -0.2) is 14.4 Å². The van der Waals surface area contributed by atoms with E-state index in [4.69, 9.17) is 14.2 Å². The van der Waals surface area contributed by atoms with Gasteiger partial charge in [0.2, 0.25) is 5.91 Å². The molecule has 1 amide bonds. The molecule has 1 aliphatic heterocycles. The quantitative estimate of drug-likeness (QED) is 0.274. The molecule has 0 aliphatic carbocycles. The number of benzene rings is 3. The number of hydrogen-bond donors (Lipinski definition) is 1. The van der Waals surface area contributed by atoms with Gasteiger partial charge in [-0.15, -0.1) is 0 Å². The van der Waals surface area contributed by atoms with E-state index >= 15 is 0 Å². The van der Waals surface area contributed by atoms with Crippen molar-refractivity contribution < 1.29 is 23.4 Å². The van der Waals surface area contributed by atoms with Crippen LogP contribution in [-0.4, -0.2) is 47.1 Å². The number of halogens is 1. The maximum Gasteiger partial charge on any atom is 0.245 e. The van der Waals surface area contributed by atoms with Crippen LogP contribution in [0, 0.1) is 12.7 Å². The number of ether oxygens (including phenoxy) is 3. The summed E-state index contributed by atoms with van der Waals surface area (Å²) in [5.41, 5.74) is 2.42. The molecule has 0 unspecified atom stereocenters. The second-order valence-corrected chi connectivity index (χ2v) is 9.25. The predicted molar refractivity (Wildman–Crippen MR) is 147 cm³/mol. The van der Waals surface area contributed by atoms with Crippen molar-refractivity contribution in [2.45, 2.75) is 25.9 Å². The highest BCUT2D eigenvalue weighted by atomic mass is 19.1. The molecule has 1 N–H and O–H groups in total. The summed E-state index contributed by atoms with van der Waals surface area (Å²) in [4.78, 5) is 22.6. The lowest BCUT2D eigenvalue weighted by atomic mass is 10.1. The van der Waals surface area contributed by atoms with Crippen molar-refractivity contribution in [3.8, 4) is 23.0 Å². The Morgan fingerprint density at radius 3 is 2.51 bits per heavy atom. The van der Waals surface area contributed by atoms with Crippen LogP contribution in [0.3, 0.4) is 0 Å². The van der Waals surface area contributed by atoms with Gasteiger partial charge < -0.3 is 24.4 Å². The third-order valence-corrected chi connectivity index (χ3v) is 6.62. The number of aromatic nitrogens is 2. The molecule has 0 bridgehead atoms. The number of aryl methyl sites for hydroxylation is 1. The molecule has 1 aromatic heterocycles. The minimum atomic E-state index is -0.313. The molecule has 3 aromatic carbocycles. The van der Waals surface area contributed by atoms with Gasteiger partial charge in [0.25, 0.3) is 0 Å². The van der Waals surface area contributed by atoms with E-state index in [2.05, 4.69) is 21.9 Å². The number of methoxy groups -OCH3 is 1. The number of carbonyl (C=O) groups is 1. The summed E-state index contributed by atoms with van der Waals surface area (Å²) in [5.74, 6) is 2.64. The van der Waals surface area contributed by atoms with Crippen LogP contribution in [0.25, 0.3) is 10.9 Å². The zero-order valence-corrected chi connectivity index (χ0v) is 21.8. The van der Waals surface area contributed by atoms with Crippen molar-refractivity contribution in [2.75, 3.05) is 25.5 Å². The van der Waals surface area contributed by atoms with Crippen LogP contribution in [0.1, 0.15) is 18.4 Å². The lowest BCUT2D eigenvalue weighted by molar-refractivity contribution is -0.127. The van der Waals surface area contributed by atoms with Gasteiger partial charge in [0.15, 0.2) is 11.5 Å². The first-order valence-corrected chi connectivity index (χ1v) is 12.7. The molecule has 5 rings (SSSR count). The molecule has 1 fully saturated rings. The molecule has 0 atom stereocenters. The SMILES string of the molecule is C=CC(=O)N1CCC(Oc2cc3c(Nc4ccc(Oc5ccc(F)cc5)c(C)c4)ncnc3cc2OC)CC1. The zero-order chi connectivity index (χ0) is 27.4. The first kappa shape index (κ1) is 26.0.